The Labute approximate surface area is 135 Å². The minimum absolute atomic E-state index is 0.331. The summed E-state index contributed by atoms with van der Waals surface area (Å²) in [5.74, 6) is 1.02. The van der Waals surface area contributed by atoms with Gasteiger partial charge in [-0.1, -0.05) is 24.6 Å². The molecule has 1 aromatic rings. The van der Waals surface area contributed by atoms with Crippen molar-refractivity contribution in [3.63, 3.8) is 0 Å². The van der Waals surface area contributed by atoms with Crippen molar-refractivity contribution in [3.8, 4) is 5.75 Å². The highest BCUT2D eigenvalue weighted by atomic mass is 16.5. The maximum Gasteiger partial charge on any atom is 0.122 e. The van der Waals surface area contributed by atoms with Gasteiger partial charge in [0.15, 0.2) is 0 Å². The van der Waals surface area contributed by atoms with E-state index >= 15 is 0 Å². The summed E-state index contributed by atoms with van der Waals surface area (Å²) < 4.78 is 5.47. The van der Waals surface area contributed by atoms with E-state index in [0.29, 0.717) is 12.6 Å². The van der Waals surface area contributed by atoms with Gasteiger partial charge in [0.05, 0.1) is 7.11 Å². The molecule has 1 fully saturated rings. The molecule has 22 heavy (non-hydrogen) atoms. The third-order valence-corrected chi connectivity index (χ3v) is 4.79. The smallest absolute Gasteiger partial charge is 0.122 e. The van der Waals surface area contributed by atoms with Gasteiger partial charge in [-0.2, -0.15) is 0 Å². The molecule has 3 heteroatoms. The van der Waals surface area contributed by atoms with Crippen LogP contribution in [0.15, 0.2) is 24.3 Å². The fraction of sp³-hybridized carbons (Fsp3) is 0.684. The van der Waals surface area contributed by atoms with E-state index in [1.807, 2.05) is 6.07 Å². The Balaban J connectivity index is 1.83. The maximum atomic E-state index is 8.89. The Hall–Kier alpha value is -1.06. The second-order valence-corrected chi connectivity index (χ2v) is 6.32. The molecule has 0 bridgehead atoms. The molecule has 1 N–H and O–H groups in total. The molecule has 0 spiro atoms. The number of hydrogen-bond donors (Lipinski definition) is 1. The van der Waals surface area contributed by atoms with Crippen molar-refractivity contribution in [3.05, 3.63) is 29.8 Å². The van der Waals surface area contributed by atoms with Crippen LogP contribution in [-0.2, 0) is 6.42 Å². The number of unbranched alkanes of at least 4 members (excludes halogenated alkanes) is 2. The molecule has 124 valence electrons. The van der Waals surface area contributed by atoms with Crippen LogP contribution in [0.3, 0.4) is 0 Å². The molecule has 1 aromatic carbocycles. The normalized spacial score (nSPS) is 19.3. The Morgan fingerprint density at radius 1 is 1.18 bits per heavy atom. The number of hydrogen-bond acceptors (Lipinski definition) is 3. The lowest BCUT2D eigenvalue weighted by molar-refractivity contribution is 0.136. The highest BCUT2D eigenvalue weighted by molar-refractivity contribution is 5.33. The van der Waals surface area contributed by atoms with Crippen LogP contribution in [0.2, 0.25) is 0 Å². The molecule has 0 unspecified atom stereocenters. The van der Waals surface area contributed by atoms with E-state index in [9.17, 15) is 0 Å². The number of aryl methyl sites for hydroxylation is 1. The fourth-order valence-corrected chi connectivity index (χ4v) is 3.52. The van der Waals surface area contributed by atoms with Crippen LogP contribution < -0.4 is 4.74 Å². The predicted octanol–water partition coefficient (Wildman–Crippen LogP) is 3.64. The van der Waals surface area contributed by atoms with Crippen molar-refractivity contribution >= 4 is 0 Å². The Morgan fingerprint density at radius 3 is 2.86 bits per heavy atom. The first-order valence-electron chi connectivity index (χ1n) is 8.82. The first-order chi connectivity index (χ1) is 10.8. The molecule has 0 saturated carbocycles. The quantitative estimate of drug-likeness (QED) is 0.707. The third-order valence-electron chi connectivity index (χ3n) is 4.79. The monoisotopic (exact) mass is 305 g/mol. The number of rotatable bonds is 9. The number of benzene rings is 1. The van der Waals surface area contributed by atoms with Crippen LogP contribution in [0.4, 0.5) is 0 Å². The van der Waals surface area contributed by atoms with Crippen molar-refractivity contribution in [2.75, 3.05) is 26.8 Å². The number of nitrogens with zero attached hydrogens (tertiary/aromatic N) is 1. The van der Waals surface area contributed by atoms with Gasteiger partial charge in [-0.3, -0.25) is 0 Å². The van der Waals surface area contributed by atoms with Crippen molar-refractivity contribution < 1.29 is 9.84 Å². The van der Waals surface area contributed by atoms with Crippen molar-refractivity contribution in [2.45, 2.75) is 57.4 Å². The first-order valence-corrected chi connectivity index (χ1v) is 8.82. The van der Waals surface area contributed by atoms with Gasteiger partial charge in [0.1, 0.15) is 5.75 Å². The molecule has 1 aliphatic heterocycles. The van der Waals surface area contributed by atoms with Gasteiger partial charge in [-0.05, 0) is 69.7 Å². The lowest BCUT2D eigenvalue weighted by Crippen LogP contribution is -2.40. The number of ether oxygens (including phenoxy) is 1. The Morgan fingerprint density at radius 2 is 2.05 bits per heavy atom. The zero-order valence-electron chi connectivity index (χ0n) is 14.0. The third kappa shape index (κ3) is 5.29. The van der Waals surface area contributed by atoms with Crippen LogP contribution in [0, 0.1) is 0 Å². The van der Waals surface area contributed by atoms with Crippen LogP contribution >= 0.6 is 0 Å². The molecule has 1 aliphatic rings. The number of likely N-dealkylation sites (tertiary alicyclic amines) is 1. The molecule has 1 atom stereocenters. The predicted molar refractivity (Wildman–Crippen MR) is 91.5 cm³/mol. The van der Waals surface area contributed by atoms with Gasteiger partial charge in [-0.25, -0.2) is 0 Å². The van der Waals surface area contributed by atoms with Crippen molar-refractivity contribution in [1.82, 2.24) is 4.90 Å². The summed E-state index contributed by atoms with van der Waals surface area (Å²) in [6.45, 7) is 2.77. The number of methoxy groups -OCH3 is 1. The summed E-state index contributed by atoms with van der Waals surface area (Å²) in [7, 11) is 1.76. The molecule has 1 saturated heterocycles. The van der Waals surface area contributed by atoms with Crippen LogP contribution in [0.1, 0.15) is 50.5 Å². The van der Waals surface area contributed by atoms with E-state index in [1.165, 1.54) is 50.8 Å². The van der Waals surface area contributed by atoms with E-state index in [-0.39, 0.29) is 0 Å². The molecule has 0 radical (unpaired) electrons. The Bertz CT molecular complexity index is 422. The second kappa shape index (κ2) is 9.86. The number of aliphatic hydroxyl groups is 1. The molecular weight excluding hydrogens is 274 g/mol. The average Bonchev–Trinajstić information content (AvgIpc) is 2.58. The molecule has 0 aromatic heterocycles. The van der Waals surface area contributed by atoms with E-state index in [0.717, 1.165) is 25.0 Å². The fourth-order valence-electron chi connectivity index (χ4n) is 3.52. The molecule has 0 aliphatic carbocycles. The standard InChI is InChI=1S/C19H31NO2/c1-22-19-11-4-3-9-17(19)12-13-18-10-5-7-15-20(18)14-6-2-8-16-21/h3-4,9,11,18,21H,2,5-8,10,12-16H2,1H3/t18-/m1/s1. The van der Waals surface area contributed by atoms with Gasteiger partial charge in [0, 0.05) is 12.6 Å². The van der Waals surface area contributed by atoms with Crippen LogP contribution in [-0.4, -0.2) is 42.9 Å². The minimum atomic E-state index is 0.331. The molecular formula is C19H31NO2. The summed E-state index contributed by atoms with van der Waals surface area (Å²) >= 11 is 0. The maximum absolute atomic E-state index is 8.89. The van der Waals surface area contributed by atoms with Gasteiger partial charge in [-0.15, -0.1) is 0 Å². The summed E-state index contributed by atoms with van der Waals surface area (Å²) in [6, 6.07) is 9.10. The van der Waals surface area contributed by atoms with E-state index in [1.54, 1.807) is 7.11 Å². The number of piperidine rings is 1. The van der Waals surface area contributed by atoms with Crippen LogP contribution in [0.25, 0.3) is 0 Å². The van der Waals surface area contributed by atoms with E-state index in [2.05, 4.69) is 23.1 Å². The van der Waals surface area contributed by atoms with Gasteiger partial charge < -0.3 is 14.7 Å². The van der Waals surface area contributed by atoms with Crippen molar-refractivity contribution in [1.29, 1.82) is 0 Å². The first kappa shape index (κ1) is 17.3. The summed E-state index contributed by atoms with van der Waals surface area (Å²) in [6.07, 6.45) is 9.66. The highest BCUT2D eigenvalue weighted by Crippen LogP contribution is 2.25. The average molecular weight is 305 g/mol. The number of para-hydroxylation sites is 1. The summed E-state index contributed by atoms with van der Waals surface area (Å²) in [5.41, 5.74) is 1.33. The van der Waals surface area contributed by atoms with Gasteiger partial charge in [0.25, 0.3) is 0 Å². The van der Waals surface area contributed by atoms with Crippen LogP contribution in [0.5, 0.6) is 5.75 Å². The lowest BCUT2D eigenvalue weighted by Gasteiger charge is -2.36. The minimum Gasteiger partial charge on any atom is -0.496 e. The zero-order valence-corrected chi connectivity index (χ0v) is 14.0. The largest absolute Gasteiger partial charge is 0.496 e. The molecule has 2 rings (SSSR count). The van der Waals surface area contributed by atoms with E-state index < -0.39 is 0 Å². The molecule has 1 heterocycles. The summed E-state index contributed by atoms with van der Waals surface area (Å²) in [4.78, 5) is 2.68. The molecule has 0 amide bonds. The summed E-state index contributed by atoms with van der Waals surface area (Å²) in [5, 5.41) is 8.89. The van der Waals surface area contributed by atoms with Crippen molar-refractivity contribution in [2.24, 2.45) is 0 Å². The van der Waals surface area contributed by atoms with Gasteiger partial charge >= 0.3 is 0 Å². The van der Waals surface area contributed by atoms with Gasteiger partial charge in [0.2, 0.25) is 0 Å². The highest BCUT2D eigenvalue weighted by Gasteiger charge is 2.21. The molecule has 3 nitrogen and oxygen atoms in total. The number of aliphatic hydroxyl groups excluding tert-OH is 1. The zero-order chi connectivity index (χ0) is 15.6. The second-order valence-electron chi connectivity index (χ2n) is 6.32. The Kier molecular flexibility index (Phi) is 7.75. The van der Waals surface area contributed by atoms with E-state index in [4.69, 9.17) is 9.84 Å². The lowest BCUT2D eigenvalue weighted by atomic mass is 9.95. The SMILES string of the molecule is COc1ccccc1CC[C@H]1CCCCN1CCCCCO. The topological polar surface area (TPSA) is 32.7 Å².